The van der Waals surface area contributed by atoms with E-state index in [2.05, 4.69) is 4.99 Å². The summed E-state index contributed by atoms with van der Waals surface area (Å²) in [4.78, 5) is 14.6. The van der Waals surface area contributed by atoms with Crippen LogP contribution in [-0.4, -0.2) is 23.2 Å². The number of hydrogen-bond acceptors (Lipinski definition) is 3. The molecule has 0 unspecified atom stereocenters. The zero-order valence-electron chi connectivity index (χ0n) is 6.45. The molecule has 60 valence electrons. The number of carbonyl (C=O) groups excluding carboxylic acids is 1. The molecule has 1 rings (SSSR count). The minimum absolute atomic E-state index is 0.201. The van der Waals surface area contributed by atoms with Gasteiger partial charge in [-0.3, -0.25) is 9.79 Å². The third-order valence-electron chi connectivity index (χ3n) is 1.59. The average molecular weight is 153 g/mol. The summed E-state index contributed by atoms with van der Waals surface area (Å²) in [6.45, 7) is 1.38. The van der Waals surface area contributed by atoms with Gasteiger partial charge in [0.1, 0.15) is 6.10 Å². The van der Waals surface area contributed by atoms with Crippen molar-refractivity contribution >= 4 is 12.0 Å². The highest BCUT2D eigenvalue weighted by Crippen LogP contribution is 2.12. The Labute approximate surface area is 65.4 Å². The Morgan fingerprint density at radius 2 is 2.64 bits per heavy atom. The summed E-state index contributed by atoms with van der Waals surface area (Å²) in [5, 5.41) is 9.12. The fourth-order valence-corrected chi connectivity index (χ4v) is 0.889. The molecule has 3 nitrogen and oxygen atoms in total. The topological polar surface area (TPSA) is 49.7 Å². The van der Waals surface area contributed by atoms with Gasteiger partial charge in [-0.2, -0.15) is 0 Å². The molecular weight excluding hydrogens is 142 g/mol. The zero-order valence-corrected chi connectivity index (χ0v) is 6.45. The molecule has 0 saturated carbocycles. The van der Waals surface area contributed by atoms with Gasteiger partial charge in [-0.15, -0.1) is 0 Å². The van der Waals surface area contributed by atoms with Gasteiger partial charge in [0.05, 0.1) is 0 Å². The van der Waals surface area contributed by atoms with E-state index < -0.39 is 6.10 Å². The first-order valence-corrected chi connectivity index (χ1v) is 3.60. The first kappa shape index (κ1) is 8.14. The van der Waals surface area contributed by atoms with Gasteiger partial charge in [0.25, 0.3) is 0 Å². The smallest absolute Gasteiger partial charge is 0.158 e. The predicted molar refractivity (Wildman–Crippen MR) is 42.5 cm³/mol. The lowest BCUT2D eigenvalue weighted by atomic mass is 10.1. The fraction of sp³-hybridized carbons (Fsp3) is 0.500. The summed E-state index contributed by atoms with van der Waals surface area (Å²) in [5.74, 6) is -0.201. The first-order valence-electron chi connectivity index (χ1n) is 3.60. The molecule has 0 aromatic rings. The van der Waals surface area contributed by atoms with Gasteiger partial charge in [-0.1, -0.05) is 6.08 Å². The van der Waals surface area contributed by atoms with E-state index in [-0.39, 0.29) is 5.78 Å². The maximum absolute atomic E-state index is 10.6. The number of aliphatic hydroxyl groups is 1. The molecule has 0 spiro atoms. The monoisotopic (exact) mass is 153 g/mol. The van der Waals surface area contributed by atoms with Crippen LogP contribution in [0.5, 0.6) is 0 Å². The number of hydrogen-bond donors (Lipinski definition) is 1. The summed E-state index contributed by atoms with van der Waals surface area (Å²) in [5.41, 5.74) is 0.813. The number of aliphatic imine (C=N–C) groups is 1. The molecule has 1 aliphatic rings. The minimum Gasteiger partial charge on any atom is -0.385 e. The Hall–Kier alpha value is -0.960. The second kappa shape index (κ2) is 3.44. The lowest BCUT2D eigenvalue weighted by Gasteiger charge is -2.03. The van der Waals surface area contributed by atoms with Crippen LogP contribution < -0.4 is 0 Å². The Kier molecular flexibility index (Phi) is 2.54. The third-order valence-corrected chi connectivity index (χ3v) is 1.59. The number of aliphatic hydroxyl groups excluding tert-OH is 1. The highest BCUT2D eigenvalue weighted by molar-refractivity contribution is 5.80. The van der Waals surface area contributed by atoms with Crippen LogP contribution in [0.3, 0.4) is 0 Å². The lowest BCUT2D eigenvalue weighted by Crippen LogP contribution is -2.16. The fourth-order valence-electron chi connectivity index (χ4n) is 0.889. The van der Waals surface area contributed by atoms with Crippen molar-refractivity contribution in [2.45, 2.75) is 25.9 Å². The second-order valence-electron chi connectivity index (χ2n) is 2.57. The van der Waals surface area contributed by atoms with Crippen molar-refractivity contribution in [3.8, 4) is 0 Å². The largest absolute Gasteiger partial charge is 0.385 e. The maximum atomic E-state index is 10.6. The molecule has 1 N–H and O–H groups in total. The predicted octanol–water partition coefficient (Wildman–Crippen LogP) is 0.685. The normalized spacial score (nSPS) is 18.2. The standard InChI is InChI=1S/C8H11NO2/c1-6(10)8(11)5-7-3-2-4-9-7/h3-4,8,11H,2,5H2,1H3/t8-/m0/s1. The number of carbonyl (C=O) groups is 1. The van der Waals surface area contributed by atoms with Crippen molar-refractivity contribution in [3.05, 3.63) is 11.8 Å². The van der Waals surface area contributed by atoms with E-state index in [4.69, 9.17) is 5.11 Å². The molecule has 0 aliphatic carbocycles. The molecule has 0 bridgehead atoms. The van der Waals surface area contributed by atoms with Crippen LogP contribution in [0.4, 0.5) is 0 Å². The van der Waals surface area contributed by atoms with Crippen LogP contribution in [-0.2, 0) is 4.79 Å². The number of allylic oxidation sites excluding steroid dienone is 1. The van der Waals surface area contributed by atoms with E-state index in [0.29, 0.717) is 6.42 Å². The molecule has 0 aromatic heterocycles. The molecule has 1 aliphatic heterocycles. The number of Topliss-reactive ketones (excluding diaryl/α,β-unsaturated/α-hetero) is 1. The first-order chi connectivity index (χ1) is 5.20. The number of ketones is 1. The summed E-state index contributed by atoms with van der Waals surface area (Å²) in [6, 6.07) is 0. The number of nitrogens with zero attached hydrogens (tertiary/aromatic N) is 1. The van der Waals surface area contributed by atoms with Crippen molar-refractivity contribution < 1.29 is 9.90 Å². The van der Waals surface area contributed by atoms with Gasteiger partial charge < -0.3 is 5.11 Å². The molecule has 1 atom stereocenters. The summed E-state index contributed by atoms with van der Waals surface area (Å²) in [7, 11) is 0. The summed E-state index contributed by atoms with van der Waals surface area (Å²) in [6.07, 6.45) is 3.97. The summed E-state index contributed by atoms with van der Waals surface area (Å²) >= 11 is 0. The van der Waals surface area contributed by atoms with Gasteiger partial charge in [-0.25, -0.2) is 0 Å². The second-order valence-corrected chi connectivity index (χ2v) is 2.57. The van der Waals surface area contributed by atoms with E-state index >= 15 is 0 Å². The van der Waals surface area contributed by atoms with Crippen LogP contribution in [0.2, 0.25) is 0 Å². The van der Waals surface area contributed by atoms with Crippen LogP contribution in [0.25, 0.3) is 0 Å². The maximum Gasteiger partial charge on any atom is 0.158 e. The van der Waals surface area contributed by atoms with Crippen LogP contribution in [0, 0.1) is 0 Å². The van der Waals surface area contributed by atoms with Gasteiger partial charge in [0, 0.05) is 24.8 Å². The molecular formula is C8H11NO2. The van der Waals surface area contributed by atoms with E-state index in [1.54, 1.807) is 6.21 Å². The third kappa shape index (κ3) is 2.27. The highest BCUT2D eigenvalue weighted by atomic mass is 16.3. The molecule has 0 aromatic carbocycles. The van der Waals surface area contributed by atoms with Gasteiger partial charge in [0.15, 0.2) is 5.78 Å². The van der Waals surface area contributed by atoms with Crippen molar-refractivity contribution in [1.29, 1.82) is 0 Å². The van der Waals surface area contributed by atoms with Gasteiger partial charge in [0.2, 0.25) is 0 Å². The van der Waals surface area contributed by atoms with E-state index in [0.717, 1.165) is 12.1 Å². The summed E-state index contributed by atoms with van der Waals surface area (Å²) < 4.78 is 0. The molecule has 0 saturated heterocycles. The van der Waals surface area contributed by atoms with Crippen molar-refractivity contribution in [2.24, 2.45) is 4.99 Å². The molecule has 3 heteroatoms. The van der Waals surface area contributed by atoms with Crippen molar-refractivity contribution in [1.82, 2.24) is 0 Å². The molecule has 11 heavy (non-hydrogen) atoms. The lowest BCUT2D eigenvalue weighted by molar-refractivity contribution is -0.124. The van der Waals surface area contributed by atoms with E-state index in [1.165, 1.54) is 6.92 Å². The SMILES string of the molecule is CC(=O)[C@@H](O)CC1=CCC=N1. The molecule has 1 heterocycles. The highest BCUT2D eigenvalue weighted by Gasteiger charge is 2.12. The molecule has 0 radical (unpaired) electrons. The van der Waals surface area contributed by atoms with Crippen LogP contribution in [0.15, 0.2) is 16.8 Å². The van der Waals surface area contributed by atoms with E-state index in [1.807, 2.05) is 6.08 Å². The number of rotatable bonds is 3. The minimum atomic E-state index is -0.878. The Morgan fingerprint density at radius 1 is 1.91 bits per heavy atom. The van der Waals surface area contributed by atoms with E-state index in [9.17, 15) is 4.79 Å². The molecule has 0 amide bonds. The Bertz CT molecular complexity index is 218. The van der Waals surface area contributed by atoms with Gasteiger partial charge >= 0.3 is 0 Å². The van der Waals surface area contributed by atoms with Crippen LogP contribution >= 0.6 is 0 Å². The molecule has 0 fully saturated rings. The van der Waals surface area contributed by atoms with Crippen molar-refractivity contribution in [2.75, 3.05) is 0 Å². The van der Waals surface area contributed by atoms with Gasteiger partial charge in [-0.05, 0) is 6.92 Å². The zero-order chi connectivity index (χ0) is 8.27. The Morgan fingerprint density at radius 3 is 3.09 bits per heavy atom. The van der Waals surface area contributed by atoms with Crippen molar-refractivity contribution in [3.63, 3.8) is 0 Å². The van der Waals surface area contributed by atoms with Crippen LogP contribution in [0.1, 0.15) is 19.8 Å². The average Bonchev–Trinajstić information content (AvgIpc) is 2.39. The Balaban J connectivity index is 2.42. The quantitative estimate of drug-likeness (QED) is 0.648.